The maximum absolute atomic E-state index is 15.3. The van der Waals surface area contributed by atoms with E-state index in [4.69, 9.17) is 0 Å². The predicted octanol–water partition coefficient (Wildman–Crippen LogP) is 6.49. The number of Topliss-reactive ketones (excluding diaryl/α,β-unsaturated/α-hetero) is 1. The Balaban J connectivity index is 2.84. The molecule has 36 heavy (non-hydrogen) atoms. The predicted molar refractivity (Wildman–Crippen MR) is 93.5 cm³/mol. The molecular formula is C20H15F13O3. The van der Waals surface area contributed by atoms with Gasteiger partial charge in [0.05, 0.1) is 0 Å². The van der Waals surface area contributed by atoms with Crippen molar-refractivity contribution in [1.29, 1.82) is 0 Å². The molecule has 0 radical (unpaired) electrons. The second-order valence-electron chi connectivity index (χ2n) is 8.94. The average molecular weight is 550 g/mol. The van der Waals surface area contributed by atoms with E-state index in [1.165, 1.54) is 0 Å². The van der Waals surface area contributed by atoms with Crippen molar-refractivity contribution in [3.63, 3.8) is 0 Å². The summed E-state index contributed by atoms with van der Waals surface area (Å²) in [5, 5.41) is 0. The van der Waals surface area contributed by atoms with Gasteiger partial charge in [0.1, 0.15) is 5.60 Å². The van der Waals surface area contributed by atoms with E-state index in [1.807, 2.05) is 0 Å². The lowest BCUT2D eigenvalue weighted by Crippen LogP contribution is -2.74. The minimum absolute atomic E-state index is 0.639. The van der Waals surface area contributed by atoms with Crippen LogP contribution in [0.1, 0.15) is 36.7 Å². The Morgan fingerprint density at radius 3 is 1.61 bits per heavy atom. The number of carbonyl (C=O) groups excluding carboxylic acids is 2. The van der Waals surface area contributed by atoms with Crippen LogP contribution in [0, 0.1) is 5.41 Å². The molecule has 2 rings (SSSR count). The Kier molecular flexibility index (Phi) is 6.57. The Hall–Kier alpha value is -2.55. The first-order valence-electron chi connectivity index (χ1n) is 9.56. The summed E-state index contributed by atoms with van der Waals surface area (Å²) in [6.07, 6.45) is -9.44. The number of carbonyl (C=O) groups is 2. The van der Waals surface area contributed by atoms with E-state index >= 15 is 8.78 Å². The third kappa shape index (κ3) is 3.73. The smallest absolute Gasteiger partial charge is 0.459 e. The van der Waals surface area contributed by atoms with Crippen LogP contribution in [-0.2, 0) is 16.0 Å². The van der Waals surface area contributed by atoms with Gasteiger partial charge in [-0.25, -0.2) is 0 Å². The first-order chi connectivity index (χ1) is 15.7. The maximum Gasteiger partial charge on any atom is 0.460 e. The summed E-state index contributed by atoms with van der Waals surface area (Å²) in [6, 6.07) is 3.48. The molecule has 16 heteroatoms. The fraction of sp³-hybridized carbons (Fsp3) is 0.600. The van der Waals surface area contributed by atoms with Crippen LogP contribution in [0.2, 0.25) is 0 Å². The summed E-state index contributed by atoms with van der Waals surface area (Å²) < 4.78 is 184. The van der Waals surface area contributed by atoms with Crippen molar-refractivity contribution in [1.82, 2.24) is 0 Å². The molecule has 1 aliphatic rings. The van der Waals surface area contributed by atoms with Crippen molar-refractivity contribution in [2.75, 3.05) is 0 Å². The van der Waals surface area contributed by atoms with Crippen LogP contribution < -0.4 is 0 Å². The molecule has 0 bridgehead atoms. The minimum Gasteiger partial charge on any atom is -0.459 e. The van der Waals surface area contributed by atoms with Crippen molar-refractivity contribution < 1.29 is 71.4 Å². The average Bonchev–Trinajstić information content (AvgIpc) is 2.99. The number of fused-ring (bicyclic) bond motifs is 1. The van der Waals surface area contributed by atoms with Crippen molar-refractivity contribution >= 4 is 11.8 Å². The second-order valence-corrected chi connectivity index (χ2v) is 8.94. The Labute approximate surface area is 193 Å². The zero-order chi connectivity index (χ0) is 28.6. The van der Waals surface area contributed by atoms with Gasteiger partial charge in [-0.1, -0.05) is 24.3 Å². The summed E-state index contributed by atoms with van der Waals surface area (Å²) in [7, 11) is 0. The largest absolute Gasteiger partial charge is 0.460 e. The molecule has 1 aromatic rings. The molecule has 204 valence electrons. The topological polar surface area (TPSA) is 43.4 Å². The van der Waals surface area contributed by atoms with E-state index in [0.29, 0.717) is 6.07 Å². The van der Waals surface area contributed by atoms with Crippen LogP contribution in [-0.4, -0.2) is 53.1 Å². The van der Waals surface area contributed by atoms with Crippen LogP contribution >= 0.6 is 0 Å². The van der Waals surface area contributed by atoms with Gasteiger partial charge >= 0.3 is 41.8 Å². The minimum atomic E-state index is -8.17. The number of ketones is 1. The van der Waals surface area contributed by atoms with E-state index in [0.717, 1.165) is 39.0 Å². The van der Waals surface area contributed by atoms with Crippen LogP contribution in [0.15, 0.2) is 24.3 Å². The Bertz CT molecular complexity index is 1050. The van der Waals surface area contributed by atoms with Crippen LogP contribution in [0.25, 0.3) is 0 Å². The third-order valence-electron chi connectivity index (χ3n) is 5.32. The molecule has 0 fully saturated rings. The van der Waals surface area contributed by atoms with Gasteiger partial charge in [-0.05, 0) is 26.3 Å². The molecule has 0 saturated carbocycles. The van der Waals surface area contributed by atoms with E-state index in [-0.39, 0.29) is 0 Å². The number of hydrogen-bond donors (Lipinski definition) is 0. The van der Waals surface area contributed by atoms with E-state index in [2.05, 4.69) is 4.74 Å². The van der Waals surface area contributed by atoms with Crippen LogP contribution in [0.5, 0.6) is 0 Å². The fourth-order valence-electron chi connectivity index (χ4n) is 3.44. The molecule has 1 aliphatic carbocycles. The van der Waals surface area contributed by atoms with Gasteiger partial charge in [0.25, 0.3) is 0 Å². The quantitative estimate of drug-likeness (QED) is 0.231. The molecule has 0 heterocycles. The van der Waals surface area contributed by atoms with Gasteiger partial charge in [0, 0.05) is 12.0 Å². The molecule has 0 aromatic heterocycles. The molecule has 0 amide bonds. The molecule has 0 aliphatic heterocycles. The van der Waals surface area contributed by atoms with E-state index in [1.54, 1.807) is 0 Å². The zero-order valence-electron chi connectivity index (χ0n) is 18.2. The highest BCUT2D eigenvalue weighted by molar-refractivity contribution is 6.17. The first kappa shape index (κ1) is 29.7. The first-order valence-corrected chi connectivity index (χ1v) is 9.56. The monoisotopic (exact) mass is 550 g/mol. The summed E-state index contributed by atoms with van der Waals surface area (Å²) in [4.78, 5) is 25.5. The highest BCUT2D eigenvalue weighted by atomic mass is 19.4. The summed E-state index contributed by atoms with van der Waals surface area (Å²) in [6.45, 7) is 2.86. The molecule has 3 nitrogen and oxygen atoms in total. The maximum atomic E-state index is 15.3. The van der Waals surface area contributed by atoms with Gasteiger partial charge in [0.15, 0.2) is 5.78 Å². The summed E-state index contributed by atoms with van der Waals surface area (Å²) in [5.74, 6) is -44.0. The van der Waals surface area contributed by atoms with Crippen molar-refractivity contribution in [2.45, 2.75) is 68.6 Å². The lowest BCUT2D eigenvalue weighted by molar-refractivity contribution is -0.444. The van der Waals surface area contributed by atoms with Crippen molar-refractivity contribution in [2.24, 2.45) is 5.41 Å². The molecule has 1 atom stereocenters. The van der Waals surface area contributed by atoms with Gasteiger partial charge in [-0.3, -0.25) is 9.59 Å². The SMILES string of the molecule is CC(C)(C)OC(=O)[C@]1(C(F)(F)C(F)(F)C(F)(F)C(F)(F)C(F)(F)C(F)(F)F)Cc2ccccc2C1=O. The van der Waals surface area contributed by atoms with E-state index < -0.39 is 76.1 Å². The molecule has 0 spiro atoms. The summed E-state index contributed by atoms with van der Waals surface area (Å²) >= 11 is 0. The van der Waals surface area contributed by atoms with Crippen LogP contribution in [0.4, 0.5) is 57.1 Å². The number of hydrogen-bond acceptors (Lipinski definition) is 3. The number of rotatable bonds is 6. The van der Waals surface area contributed by atoms with Gasteiger partial charge in [-0.2, -0.15) is 57.1 Å². The third-order valence-corrected chi connectivity index (χ3v) is 5.32. The molecule has 0 unspecified atom stereocenters. The van der Waals surface area contributed by atoms with Gasteiger partial charge in [0.2, 0.25) is 5.41 Å². The molecular weight excluding hydrogens is 535 g/mol. The number of ether oxygens (including phenoxy) is 1. The molecule has 0 saturated heterocycles. The number of benzene rings is 1. The second kappa shape index (κ2) is 7.97. The van der Waals surface area contributed by atoms with Crippen molar-refractivity contribution in [3.8, 4) is 0 Å². The molecule has 0 N–H and O–H groups in total. The van der Waals surface area contributed by atoms with E-state index in [9.17, 15) is 57.9 Å². The van der Waals surface area contributed by atoms with Gasteiger partial charge < -0.3 is 4.74 Å². The highest BCUT2D eigenvalue weighted by Gasteiger charge is 2.94. The summed E-state index contributed by atoms with van der Waals surface area (Å²) in [5.41, 5.74) is -8.17. The standard InChI is InChI=1S/C20H15F13O3/c1-13(2,3)36-12(35)14(8-9-6-4-5-7-10(9)11(14)34)15(21,22)16(23,24)17(25,26)18(27,28)19(29,30)20(31,32)33/h4-7H,8H2,1-3H3/t14-/m0/s1. The highest BCUT2D eigenvalue weighted by Crippen LogP contribution is 2.64. The Morgan fingerprint density at radius 1 is 0.750 bits per heavy atom. The van der Waals surface area contributed by atoms with Crippen LogP contribution in [0.3, 0.4) is 0 Å². The lowest BCUT2D eigenvalue weighted by atomic mass is 9.72. The number of alkyl halides is 13. The lowest BCUT2D eigenvalue weighted by Gasteiger charge is -2.44. The number of esters is 1. The number of halogens is 13. The zero-order valence-corrected chi connectivity index (χ0v) is 18.2. The Morgan fingerprint density at radius 2 is 1.19 bits per heavy atom. The van der Waals surface area contributed by atoms with Gasteiger partial charge in [-0.15, -0.1) is 0 Å². The fourth-order valence-corrected chi connectivity index (χ4v) is 3.44. The normalized spacial score (nSPS) is 20.4. The molecule has 1 aromatic carbocycles. The van der Waals surface area contributed by atoms with Crippen molar-refractivity contribution in [3.05, 3.63) is 35.4 Å².